The quantitative estimate of drug-likeness (QED) is 0.285. The first-order chi connectivity index (χ1) is 18.6. The van der Waals surface area contributed by atoms with Gasteiger partial charge in [-0.15, -0.1) is 0 Å². The van der Waals surface area contributed by atoms with E-state index in [0.29, 0.717) is 12.8 Å². The second-order valence-electron chi connectivity index (χ2n) is 9.12. The lowest BCUT2D eigenvalue weighted by molar-refractivity contribution is -0.0100. The molecule has 4 rings (SSSR count). The highest BCUT2D eigenvalue weighted by Gasteiger charge is 2.36. The first-order valence-electron chi connectivity index (χ1n) is 12.3. The van der Waals surface area contributed by atoms with Crippen LogP contribution < -0.4 is 0 Å². The van der Waals surface area contributed by atoms with Crippen LogP contribution in [0.3, 0.4) is 0 Å². The van der Waals surface area contributed by atoms with E-state index in [4.69, 9.17) is 19.7 Å². The summed E-state index contributed by atoms with van der Waals surface area (Å²) in [5.41, 5.74) is 0.389. The third-order valence-electron chi connectivity index (χ3n) is 6.39. The van der Waals surface area contributed by atoms with E-state index in [9.17, 15) is 28.8 Å². The summed E-state index contributed by atoms with van der Waals surface area (Å²) < 4.78 is 11.2. The number of aromatic carboxylic acids is 2. The van der Waals surface area contributed by atoms with Crippen molar-refractivity contribution in [3.05, 3.63) is 69.8 Å². The lowest BCUT2D eigenvalue weighted by Gasteiger charge is -2.17. The largest absolute Gasteiger partial charge is 0.478 e. The number of hydrogen-bond donors (Lipinski definition) is 2. The minimum atomic E-state index is -1.18. The molecular formula is C27H26N2O10. The fourth-order valence-corrected chi connectivity index (χ4v) is 4.38. The van der Waals surface area contributed by atoms with Crippen LogP contribution in [0.4, 0.5) is 0 Å². The number of hydrogen-bond acceptors (Lipinski definition) is 8. The molecule has 0 radical (unpaired) electrons. The Kier molecular flexibility index (Phi) is 8.17. The van der Waals surface area contributed by atoms with Gasteiger partial charge in [-0.2, -0.15) is 0 Å². The second-order valence-corrected chi connectivity index (χ2v) is 9.12. The van der Waals surface area contributed by atoms with Crippen LogP contribution in [0, 0.1) is 0 Å². The van der Waals surface area contributed by atoms with Crippen LogP contribution in [0.25, 0.3) is 0 Å². The van der Waals surface area contributed by atoms with Gasteiger partial charge in [-0.3, -0.25) is 29.0 Å². The van der Waals surface area contributed by atoms with Gasteiger partial charge in [0.2, 0.25) is 0 Å². The standard InChI is InChI=1S/C27H26N2O10/c1-15(39-11-3-9-29-23(31)19-7-5-17(27(36)37)13-21(19)25(29)33)14-38-10-2-8-28-22(30)18-6-4-16(26(34)35)12-20(18)24(28)32/h4-7,12-13,15H,2-3,8-11,14H2,1H3,(H,34,35)(H,36,37). The smallest absolute Gasteiger partial charge is 0.335 e. The van der Waals surface area contributed by atoms with Gasteiger partial charge in [0, 0.05) is 26.3 Å². The molecule has 204 valence electrons. The molecule has 0 spiro atoms. The summed E-state index contributed by atoms with van der Waals surface area (Å²) in [5, 5.41) is 18.2. The molecule has 12 nitrogen and oxygen atoms in total. The summed E-state index contributed by atoms with van der Waals surface area (Å²) in [5.74, 6) is -4.36. The van der Waals surface area contributed by atoms with Crippen molar-refractivity contribution in [3.63, 3.8) is 0 Å². The molecule has 0 fully saturated rings. The minimum Gasteiger partial charge on any atom is -0.478 e. The Morgan fingerprint density at radius 3 is 1.62 bits per heavy atom. The molecule has 0 saturated heterocycles. The van der Waals surface area contributed by atoms with Crippen LogP contribution in [0.15, 0.2) is 36.4 Å². The van der Waals surface area contributed by atoms with E-state index < -0.39 is 35.6 Å². The highest BCUT2D eigenvalue weighted by atomic mass is 16.5. The first kappa shape index (κ1) is 27.6. The number of nitrogens with zero attached hydrogens (tertiary/aromatic N) is 2. The van der Waals surface area contributed by atoms with E-state index in [1.54, 1.807) is 6.92 Å². The van der Waals surface area contributed by atoms with Crippen molar-refractivity contribution in [2.24, 2.45) is 0 Å². The van der Waals surface area contributed by atoms with Gasteiger partial charge in [-0.25, -0.2) is 9.59 Å². The molecule has 39 heavy (non-hydrogen) atoms. The van der Waals surface area contributed by atoms with Gasteiger partial charge in [0.1, 0.15) is 0 Å². The van der Waals surface area contributed by atoms with Gasteiger partial charge in [-0.1, -0.05) is 0 Å². The molecule has 1 atom stereocenters. The lowest BCUT2D eigenvalue weighted by Crippen LogP contribution is -2.32. The summed E-state index contributed by atoms with van der Waals surface area (Å²) in [6, 6.07) is 7.68. The van der Waals surface area contributed by atoms with E-state index in [1.165, 1.54) is 36.4 Å². The number of rotatable bonds is 13. The van der Waals surface area contributed by atoms with Crippen LogP contribution in [-0.2, 0) is 9.47 Å². The molecule has 12 heteroatoms. The number of carbonyl (C=O) groups excluding carboxylic acids is 4. The molecule has 2 aromatic rings. The highest BCUT2D eigenvalue weighted by Crippen LogP contribution is 2.25. The van der Waals surface area contributed by atoms with Gasteiger partial charge in [0.15, 0.2) is 0 Å². The van der Waals surface area contributed by atoms with E-state index in [2.05, 4.69) is 0 Å². The van der Waals surface area contributed by atoms with Crippen LogP contribution >= 0.6 is 0 Å². The zero-order valence-corrected chi connectivity index (χ0v) is 21.0. The fourth-order valence-electron chi connectivity index (χ4n) is 4.38. The predicted molar refractivity (Wildman–Crippen MR) is 133 cm³/mol. The molecule has 2 N–H and O–H groups in total. The minimum absolute atomic E-state index is 0.0628. The number of benzene rings is 2. The number of carboxylic acids is 2. The first-order valence-corrected chi connectivity index (χ1v) is 12.3. The third-order valence-corrected chi connectivity index (χ3v) is 6.39. The summed E-state index contributed by atoms with van der Waals surface area (Å²) in [6.45, 7) is 2.80. The second kappa shape index (κ2) is 11.5. The van der Waals surface area contributed by atoms with Crippen molar-refractivity contribution in [1.29, 1.82) is 0 Å². The number of imide groups is 2. The molecule has 2 aliphatic heterocycles. The maximum atomic E-state index is 12.5. The number of carboxylic acid groups (broad SMARTS) is 2. The van der Waals surface area contributed by atoms with Crippen molar-refractivity contribution in [1.82, 2.24) is 9.80 Å². The normalized spacial score (nSPS) is 15.1. The SMILES string of the molecule is CC(COCCCN1C(=O)c2ccc(C(=O)O)cc2C1=O)OCCCN1C(=O)c2ccc(C(=O)O)cc2C1=O. The Labute approximate surface area is 222 Å². The topological polar surface area (TPSA) is 168 Å². The maximum Gasteiger partial charge on any atom is 0.335 e. The summed E-state index contributed by atoms with van der Waals surface area (Å²) >= 11 is 0. The molecule has 1 unspecified atom stereocenters. The number of carbonyl (C=O) groups is 6. The van der Waals surface area contributed by atoms with Crippen LogP contribution in [0.2, 0.25) is 0 Å². The average molecular weight is 539 g/mol. The Bertz CT molecular complexity index is 1370. The van der Waals surface area contributed by atoms with E-state index in [1.807, 2.05) is 0 Å². The fraction of sp³-hybridized carbons (Fsp3) is 0.333. The maximum absolute atomic E-state index is 12.5. The summed E-state index contributed by atoms with van der Waals surface area (Å²) in [7, 11) is 0. The van der Waals surface area contributed by atoms with Gasteiger partial charge in [0.05, 0.1) is 46.1 Å². The van der Waals surface area contributed by atoms with Crippen molar-refractivity contribution in [2.45, 2.75) is 25.9 Å². The van der Waals surface area contributed by atoms with Gasteiger partial charge in [0.25, 0.3) is 23.6 Å². The van der Waals surface area contributed by atoms with Crippen molar-refractivity contribution in [3.8, 4) is 0 Å². The van der Waals surface area contributed by atoms with Crippen LogP contribution in [0.5, 0.6) is 0 Å². The predicted octanol–water partition coefficient (Wildman–Crippen LogP) is 2.18. The van der Waals surface area contributed by atoms with Crippen molar-refractivity contribution >= 4 is 35.6 Å². The van der Waals surface area contributed by atoms with E-state index in [-0.39, 0.29) is 72.4 Å². The monoisotopic (exact) mass is 538 g/mol. The molecule has 0 aromatic heterocycles. The molecule has 2 aromatic carbocycles. The molecule has 2 aliphatic rings. The van der Waals surface area contributed by atoms with Crippen LogP contribution in [-0.4, -0.2) is 94.6 Å². The van der Waals surface area contributed by atoms with Gasteiger partial charge >= 0.3 is 11.9 Å². The van der Waals surface area contributed by atoms with E-state index >= 15 is 0 Å². The average Bonchev–Trinajstić information content (AvgIpc) is 3.29. The Morgan fingerprint density at radius 1 is 0.718 bits per heavy atom. The van der Waals surface area contributed by atoms with Crippen molar-refractivity contribution < 1.29 is 48.5 Å². The summed E-state index contributed by atoms with van der Waals surface area (Å²) in [4.78, 5) is 74.4. The number of amides is 4. The molecule has 0 bridgehead atoms. The third kappa shape index (κ3) is 5.71. The molecule has 0 aliphatic carbocycles. The Balaban J connectivity index is 1.13. The lowest BCUT2D eigenvalue weighted by atomic mass is 10.1. The molecular weight excluding hydrogens is 512 g/mol. The van der Waals surface area contributed by atoms with Gasteiger partial charge < -0.3 is 19.7 Å². The molecule has 2 heterocycles. The summed E-state index contributed by atoms with van der Waals surface area (Å²) in [6.07, 6.45) is 0.470. The molecule has 4 amide bonds. The number of ether oxygens (including phenoxy) is 2. The zero-order chi connectivity index (χ0) is 28.3. The Hall–Kier alpha value is -4.42. The van der Waals surface area contributed by atoms with Gasteiger partial charge in [-0.05, 0) is 56.2 Å². The number of fused-ring (bicyclic) bond motifs is 2. The van der Waals surface area contributed by atoms with Crippen LogP contribution in [0.1, 0.15) is 81.9 Å². The highest BCUT2D eigenvalue weighted by molar-refractivity contribution is 6.22. The zero-order valence-electron chi connectivity index (χ0n) is 21.0. The van der Waals surface area contributed by atoms with Crippen molar-refractivity contribution in [2.75, 3.05) is 32.9 Å². The molecule has 0 saturated carbocycles. The Morgan fingerprint density at radius 2 is 1.15 bits per heavy atom. The van der Waals surface area contributed by atoms with E-state index in [0.717, 1.165) is 9.80 Å².